The van der Waals surface area contributed by atoms with Crippen molar-refractivity contribution in [3.8, 4) is 0 Å². The summed E-state index contributed by atoms with van der Waals surface area (Å²) < 4.78 is 9.76. The Morgan fingerprint density at radius 2 is 2.39 bits per heavy atom. The van der Waals surface area contributed by atoms with Crippen LogP contribution in [0.25, 0.3) is 0 Å². The fourth-order valence-corrected chi connectivity index (χ4v) is 2.11. The molecule has 1 saturated heterocycles. The van der Waals surface area contributed by atoms with Crippen molar-refractivity contribution in [3.63, 3.8) is 0 Å². The maximum Gasteiger partial charge on any atom is 0.325 e. The minimum absolute atomic E-state index is 0.0359. The van der Waals surface area contributed by atoms with E-state index in [0.29, 0.717) is 12.8 Å². The van der Waals surface area contributed by atoms with Crippen LogP contribution < -0.4 is 5.73 Å². The van der Waals surface area contributed by atoms with Crippen LogP contribution in [0.3, 0.4) is 0 Å². The summed E-state index contributed by atoms with van der Waals surface area (Å²) in [5.74, 6) is 0.211. The average Bonchev–Trinajstić information content (AvgIpc) is 2.89. The Bertz CT molecular complexity index is 429. The van der Waals surface area contributed by atoms with Crippen molar-refractivity contribution in [2.24, 2.45) is 5.73 Å². The molecule has 0 unspecified atom stereocenters. The third kappa shape index (κ3) is 2.38. The van der Waals surface area contributed by atoms with E-state index in [1.165, 1.54) is 12.0 Å². The Labute approximate surface area is 105 Å². The molecular weight excluding hydrogens is 236 g/mol. The van der Waals surface area contributed by atoms with E-state index in [2.05, 4.69) is 4.74 Å². The number of hydrogen-bond donors (Lipinski definition) is 1. The van der Waals surface area contributed by atoms with Crippen molar-refractivity contribution in [3.05, 3.63) is 24.2 Å². The first-order valence-corrected chi connectivity index (χ1v) is 5.78. The van der Waals surface area contributed by atoms with Gasteiger partial charge in [0.15, 0.2) is 0 Å². The molecule has 1 amide bonds. The summed E-state index contributed by atoms with van der Waals surface area (Å²) in [4.78, 5) is 24.2. The zero-order valence-corrected chi connectivity index (χ0v) is 10.2. The van der Waals surface area contributed by atoms with E-state index < -0.39 is 12.0 Å². The summed E-state index contributed by atoms with van der Waals surface area (Å²) in [6.07, 6.45) is 2.97. The Hall–Kier alpha value is -1.82. The molecule has 1 fully saturated rings. The summed E-state index contributed by atoms with van der Waals surface area (Å²) in [6, 6.07) is 3.04. The SMILES string of the molecule is COC(=O)CN1C(=O)[C@H](N)[C@@H]1CCc1ccco1. The Morgan fingerprint density at radius 1 is 1.61 bits per heavy atom. The van der Waals surface area contributed by atoms with E-state index in [0.717, 1.165) is 5.76 Å². The van der Waals surface area contributed by atoms with Crippen LogP contribution in [0.15, 0.2) is 22.8 Å². The maximum atomic E-state index is 11.6. The highest BCUT2D eigenvalue weighted by Gasteiger charge is 2.45. The fourth-order valence-electron chi connectivity index (χ4n) is 2.11. The number of likely N-dealkylation sites (tertiary alicyclic amines) is 1. The highest BCUT2D eigenvalue weighted by molar-refractivity contribution is 5.92. The first kappa shape index (κ1) is 12.6. The minimum Gasteiger partial charge on any atom is -0.469 e. The number of nitrogens with zero attached hydrogens (tertiary/aromatic N) is 1. The first-order valence-electron chi connectivity index (χ1n) is 5.78. The molecule has 2 atom stereocenters. The zero-order chi connectivity index (χ0) is 13.1. The molecule has 6 nitrogen and oxygen atoms in total. The van der Waals surface area contributed by atoms with Crippen LogP contribution in [0, 0.1) is 0 Å². The molecule has 0 spiro atoms. The largest absolute Gasteiger partial charge is 0.469 e. The van der Waals surface area contributed by atoms with Gasteiger partial charge in [0, 0.05) is 6.42 Å². The van der Waals surface area contributed by atoms with Crippen molar-refractivity contribution in [1.29, 1.82) is 0 Å². The molecule has 2 heterocycles. The van der Waals surface area contributed by atoms with E-state index in [1.807, 2.05) is 12.1 Å². The van der Waals surface area contributed by atoms with Gasteiger partial charge in [-0.25, -0.2) is 0 Å². The predicted octanol–water partition coefficient (Wildman–Crippen LogP) is -0.0767. The maximum absolute atomic E-state index is 11.6. The number of furan rings is 1. The van der Waals surface area contributed by atoms with Crippen molar-refractivity contribution < 1.29 is 18.7 Å². The molecule has 0 aliphatic carbocycles. The molecule has 1 aromatic heterocycles. The van der Waals surface area contributed by atoms with Crippen LogP contribution in [-0.4, -0.2) is 42.5 Å². The van der Waals surface area contributed by atoms with Gasteiger partial charge in [-0.2, -0.15) is 0 Å². The Morgan fingerprint density at radius 3 is 3.00 bits per heavy atom. The molecular formula is C12H16N2O4. The van der Waals surface area contributed by atoms with E-state index in [-0.39, 0.29) is 18.5 Å². The molecule has 0 aromatic carbocycles. The van der Waals surface area contributed by atoms with E-state index in [1.54, 1.807) is 6.26 Å². The van der Waals surface area contributed by atoms with Crippen LogP contribution in [0.1, 0.15) is 12.2 Å². The molecule has 2 N–H and O–H groups in total. The van der Waals surface area contributed by atoms with Gasteiger partial charge in [-0.15, -0.1) is 0 Å². The van der Waals surface area contributed by atoms with Crippen LogP contribution in [0.5, 0.6) is 0 Å². The topological polar surface area (TPSA) is 85.8 Å². The van der Waals surface area contributed by atoms with E-state index >= 15 is 0 Å². The number of rotatable bonds is 5. The number of β-lactam (4-membered cyclic amide) rings is 1. The second-order valence-electron chi connectivity index (χ2n) is 4.25. The van der Waals surface area contributed by atoms with Crippen LogP contribution >= 0.6 is 0 Å². The van der Waals surface area contributed by atoms with Crippen molar-refractivity contribution >= 4 is 11.9 Å². The number of hydrogen-bond acceptors (Lipinski definition) is 5. The molecule has 1 aliphatic rings. The second-order valence-corrected chi connectivity index (χ2v) is 4.25. The lowest BCUT2D eigenvalue weighted by Gasteiger charge is -2.44. The third-order valence-corrected chi connectivity index (χ3v) is 3.18. The van der Waals surface area contributed by atoms with E-state index in [9.17, 15) is 9.59 Å². The summed E-state index contributed by atoms with van der Waals surface area (Å²) in [7, 11) is 1.30. The number of carbonyl (C=O) groups excluding carboxylic acids is 2. The number of carbonyl (C=O) groups is 2. The monoisotopic (exact) mass is 252 g/mol. The summed E-state index contributed by atoms with van der Waals surface area (Å²) in [5, 5.41) is 0. The number of esters is 1. The zero-order valence-electron chi connectivity index (χ0n) is 10.2. The van der Waals surface area contributed by atoms with Crippen molar-refractivity contribution in [2.45, 2.75) is 24.9 Å². The molecule has 1 aromatic rings. The lowest BCUT2D eigenvalue weighted by Crippen LogP contribution is -2.69. The number of amides is 1. The van der Waals surface area contributed by atoms with Gasteiger partial charge < -0.3 is 19.8 Å². The van der Waals surface area contributed by atoms with Crippen molar-refractivity contribution in [2.75, 3.05) is 13.7 Å². The van der Waals surface area contributed by atoms with Gasteiger partial charge in [0.1, 0.15) is 18.3 Å². The molecule has 0 saturated carbocycles. The fraction of sp³-hybridized carbons (Fsp3) is 0.500. The molecule has 98 valence electrons. The number of aryl methyl sites for hydroxylation is 1. The number of nitrogens with two attached hydrogens (primary N) is 1. The van der Waals surface area contributed by atoms with Gasteiger partial charge in [-0.1, -0.05) is 0 Å². The van der Waals surface area contributed by atoms with Gasteiger partial charge in [-0.05, 0) is 18.6 Å². The normalized spacial score (nSPS) is 22.8. The molecule has 6 heteroatoms. The quantitative estimate of drug-likeness (QED) is 0.585. The standard InChI is InChI=1S/C12H16N2O4/c1-17-10(15)7-14-9(11(13)12(14)16)5-4-8-3-2-6-18-8/h2-3,6,9,11H,4-5,7,13H2,1H3/t9-,11+/m0/s1. The molecule has 18 heavy (non-hydrogen) atoms. The van der Waals surface area contributed by atoms with Gasteiger partial charge >= 0.3 is 5.97 Å². The highest BCUT2D eigenvalue weighted by Crippen LogP contribution is 2.23. The second kappa shape index (κ2) is 5.22. The summed E-state index contributed by atoms with van der Waals surface area (Å²) in [5.41, 5.74) is 5.74. The summed E-state index contributed by atoms with van der Waals surface area (Å²) >= 11 is 0. The molecule has 2 rings (SSSR count). The molecule has 1 aliphatic heterocycles. The van der Waals surface area contributed by atoms with E-state index in [4.69, 9.17) is 10.2 Å². The Kier molecular flexibility index (Phi) is 3.66. The van der Waals surface area contributed by atoms with Gasteiger partial charge in [-0.3, -0.25) is 9.59 Å². The van der Waals surface area contributed by atoms with Crippen LogP contribution in [0.2, 0.25) is 0 Å². The van der Waals surface area contributed by atoms with Gasteiger partial charge in [0.05, 0.1) is 19.4 Å². The predicted molar refractivity (Wildman–Crippen MR) is 62.5 cm³/mol. The van der Waals surface area contributed by atoms with Gasteiger partial charge in [0.25, 0.3) is 0 Å². The van der Waals surface area contributed by atoms with Gasteiger partial charge in [0.2, 0.25) is 5.91 Å². The third-order valence-electron chi connectivity index (χ3n) is 3.18. The van der Waals surface area contributed by atoms with Crippen LogP contribution in [0.4, 0.5) is 0 Å². The average molecular weight is 252 g/mol. The molecule has 0 radical (unpaired) electrons. The van der Waals surface area contributed by atoms with Crippen LogP contribution in [-0.2, 0) is 20.7 Å². The Balaban J connectivity index is 1.89. The smallest absolute Gasteiger partial charge is 0.325 e. The number of methoxy groups -OCH3 is 1. The minimum atomic E-state index is -0.524. The first-order chi connectivity index (χ1) is 8.63. The summed E-state index contributed by atoms with van der Waals surface area (Å²) in [6.45, 7) is -0.0359. The van der Waals surface area contributed by atoms with Crippen molar-refractivity contribution in [1.82, 2.24) is 4.90 Å². The number of ether oxygens (including phenoxy) is 1. The highest BCUT2D eigenvalue weighted by atomic mass is 16.5. The lowest BCUT2D eigenvalue weighted by atomic mass is 9.91. The molecule has 0 bridgehead atoms. The lowest BCUT2D eigenvalue weighted by molar-refractivity contribution is -0.158.